The summed E-state index contributed by atoms with van der Waals surface area (Å²) in [5.41, 5.74) is 3.06. The normalized spacial score (nSPS) is 11.9. The number of nitrogens with zero attached hydrogens (tertiary/aromatic N) is 3. The van der Waals surface area contributed by atoms with E-state index in [1.165, 1.54) is 17.3 Å². The number of nitrogens with one attached hydrogen (secondary N) is 1. The first-order chi connectivity index (χ1) is 12.1. The third-order valence-electron chi connectivity index (χ3n) is 3.57. The van der Waals surface area contributed by atoms with Gasteiger partial charge >= 0.3 is 0 Å². The Morgan fingerprint density at radius 3 is 2.60 bits per heavy atom. The number of benzene rings is 1. The zero-order valence-corrected chi connectivity index (χ0v) is 14.8. The lowest BCUT2D eigenvalue weighted by atomic mass is 10.1. The molecule has 0 radical (unpaired) electrons. The van der Waals surface area contributed by atoms with Gasteiger partial charge < -0.3 is 9.73 Å². The van der Waals surface area contributed by atoms with Crippen molar-refractivity contribution in [2.24, 2.45) is 0 Å². The Kier molecular flexibility index (Phi) is 5.45. The first kappa shape index (κ1) is 17.2. The van der Waals surface area contributed by atoms with Crippen molar-refractivity contribution < 1.29 is 9.21 Å². The minimum absolute atomic E-state index is 0.0748. The molecular weight excluding hydrogens is 336 g/mol. The van der Waals surface area contributed by atoms with Crippen LogP contribution in [-0.4, -0.2) is 26.3 Å². The molecule has 128 valence electrons. The first-order valence-corrected chi connectivity index (χ1v) is 8.73. The maximum atomic E-state index is 12.2. The van der Waals surface area contributed by atoms with Gasteiger partial charge in [-0.1, -0.05) is 41.6 Å². The lowest BCUT2D eigenvalue weighted by molar-refractivity contribution is -0.120. The molecule has 1 N–H and O–H groups in total. The highest BCUT2D eigenvalue weighted by Crippen LogP contribution is 2.25. The van der Waals surface area contributed by atoms with Crippen LogP contribution in [0.4, 0.5) is 0 Å². The third-order valence-corrected chi connectivity index (χ3v) is 4.50. The van der Waals surface area contributed by atoms with Gasteiger partial charge in [-0.25, -0.2) is 0 Å². The fourth-order valence-corrected chi connectivity index (χ4v) is 2.82. The van der Waals surface area contributed by atoms with Crippen molar-refractivity contribution in [3.8, 4) is 11.5 Å². The summed E-state index contributed by atoms with van der Waals surface area (Å²) in [6.07, 6.45) is 3.32. The van der Waals surface area contributed by atoms with Gasteiger partial charge in [0.2, 0.25) is 11.8 Å². The summed E-state index contributed by atoms with van der Waals surface area (Å²) in [7, 11) is 0. The largest absolute Gasteiger partial charge is 0.411 e. The van der Waals surface area contributed by atoms with E-state index in [1.54, 1.807) is 24.5 Å². The van der Waals surface area contributed by atoms with Gasteiger partial charge in [0.1, 0.15) is 0 Å². The Balaban J connectivity index is 1.54. The second-order valence-corrected chi connectivity index (χ2v) is 6.86. The molecule has 0 spiro atoms. The molecule has 1 unspecified atom stereocenters. The van der Waals surface area contributed by atoms with Crippen LogP contribution >= 0.6 is 11.8 Å². The second kappa shape index (κ2) is 7.94. The van der Waals surface area contributed by atoms with Gasteiger partial charge in [0.25, 0.3) is 5.22 Å². The van der Waals surface area contributed by atoms with Crippen LogP contribution in [0.2, 0.25) is 0 Å². The summed E-state index contributed by atoms with van der Waals surface area (Å²) in [5.74, 6) is 0.339. The van der Waals surface area contributed by atoms with Crippen molar-refractivity contribution in [1.29, 1.82) is 0 Å². The maximum absolute atomic E-state index is 12.2. The summed E-state index contributed by atoms with van der Waals surface area (Å²) in [4.78, 5) is 16.2. The summed E-state index contributed by atoms with van der Waals surface area (Å²) >= 11 is 1.24. The van der Waals surface area contributed by atoms with Gasteiger partial charge in [0.05, 0.1) is 5.25 Å². The molecule has 0 aliphatic carbocycles. The van der Waals surface area contributed by atoms with Gasteiger partial charge in [0.15, 0.2) is 0 Å². The SMILES string of the molecule is Cc1ccc(CNC(=O)C(C)Sc2nnc(-c3ccncc3)o2)cc1. The Bertz CT molecular complexity index is 834. The molecule has 1 aromatic carbocycles. The number of pyridine rings is 1. The maximum Gasteiger partial charge on any atom is 0.277 e. The fraction of sp³-hybridized carbons (Fsp3) is 0.222. The van der Waals surface area contributed by atoms with Crippen LogP contribution < -0.4 is 5.32 Å². The number of aryl methyl sites for hydroxylation is 1. The molecule has 3 rings (SSSR count). The van der Waals surface area contributed by atoms with E-state index >= 15 is 0 Å². The number of hydrogen-bond donors (Lipinski definition) is 1. The van der Waals surface area contributed by atoms with Crippen LogP contribution in [0.25, 0.3) is 11.5 Å². The van der Waals surface area contributed by atoms with Gasteiger partial charge in [0, 0.05) is 24.5 Å². The molecule has 0 aliphatic rings. The van der Waals surface area contributed by atoms with Crippen LogP contribution in [0.1, 0.15) is 18.1 Å². The molecule has 3 aromatic rings. The topological polar surface area (TPSA) is 80.9 Å². The predicted octanol–water partition coefficient (Wildman–Crippen LogP) is 3.24. The van der Waals surface area contributed by atoms with Gasteiger partial charge in [-0.15, -0.1) is 10.2 Å². The predicted molar refractivity (Wildman–Crippen MR) is 95.9 cm³/mol. The first-order valence-electron chi connectivity index (χ1n) is 7.85. The zero-order chi connectivity index (χ0) is 17.6. The summed E-state index contributed by atoms with van der Waals surface area (Å²) in [6, 6.07) is 11.6. The van der Waals surface area contributed by atoms with E-state index in [0.29, 0.717) is 17.7 Å². The summed E-state index contributed by atoms with van der Waals surface area (Å²) in [6.45, 7) is 4.34. The number of aromatic nitrogens is 3. The standard InChI is InChI=1S/C18H18N4O2S/c1-12-3-5-14(6-4-12)11-20-16(23)13(2)25-18-22-21-17(24-18)15-7-9-19-10-8-15/h3-10,13H,11H2,1-2H3,(H,20,23). The molecule has 0 bridgehead atoms. The number of carbonyl (C=O) groups is 1. The Hall–Kier alpha value is -2.67. The number of amides is 1. The molecule has 25 heavy (non-hydrogen) atoms. The van der Waals surface area contributed by atoms with Crippen molar-refractivity contribution in [2.75, 3.05) is 0 Å². The smallest absolute Gasteiger partial charge is 0.277 e. The lowest BCUT2D eigenvalue weighted by Gasteiger charge is -2.10. The van der Waals surface area contributed by atoms with Crippen LogP contribution in [0.3, 0.4) is 0 Å². The van der Waals surface area contributed by atoms with E-state index in [1.807, 2.05) is 38.1 Å². The zero-order valence-electron chi connectivity index (χ0n) is 14.0. The highest BCUT2D eigenvalue weighted by molar-refractivity contribution is 8.00. The minimum atomic E-state index is -0.337. The van der Waals surface area contributed by atoms with Gasteiger partial charge in [-0.2, -0.15) is 0 Å². The van der Waals surface area contributed by atoms with Crippen LogP contribution in [0.5, 0.6) is 0 Å². The van der Waals surface area contributed by atoms with Crippen molar-refractivity contribution in [3.63, 3.8) is 0 Å². The van der Waals surface area contributed by atoms with Crippen LogP contribution in [0, 0.1) is 6.92 Å². The summed E-state index contributed by atoms with van der Waals surface area (Å²) in [5, 5.41) is 10.9. The third kappa shape index (κ3) is 4.67. The number of hydrogen-bond acceptors (Lipinski definition) is 6. The van der Waals surface area contributed by atoms with E-state index < -0.39 is 0 Å². The molecule has 0 saturated carbocycles. The fourth-order valence-electron chi connectivity index (χ4n) is 2.11. The highest BCUT2D eigenvalue weighted by Gasteiger charge is 2.18. The van der Waals surface area contributed by atoms with E-state index in [4.69, 9.17) is 4.42 Å². The minimum Gasteiger partial charge on any atom is -0.411 e. The number of carbonyl (C=O) groups excluding carboxylic acids is 1. The molecule has 2 aromatic heterocycles. The molecule has 6 nitrogen and oxygen atoms in total. The quantitative estimate of drug-likeness (QED) is 0.685. The van der Waals surface area contributed by atoms with Crippen molar-refractivity contribution in [3.05, 3.63) is 59.9 Å². The van der Waals surface area contributed by atoms with Gasteiger partial charge in [-0.3, -0.25) is 9.78 Å². The van der Waals surface area contributed by atoms with E-state index in [9.17, 15) is 4.79 Å². The van der Waals surface area contributed by atoms with E-state index in [-0.39, 0.29) is 11.2 Å². The Morgan fingerprint density at radius 2 is 1.88 bits per heavy atom. The van der Waals surface area contributed by atoms with E-state index in [2.05, 4.69) is 20.5 Å². The average molecular weight is 354 g/mol. The number of rotatable bonds is 6. The van der Waals surface area contributed by atoms with Crippen LogP contribution in [-0.2, 0) is 11.3 Å². The molecule has 0 fully saturated rings. The second-order valence-electron chi connectivity index (χ2n) is 5.57. The highest BCUT2D eigenvalue weighted by atomic mass is 32.2. The molecular formula is C18H18N4O2S. The molecule has 7 heteroatoms. The van der Waals surface area contributed by atoms with Crippen LogP contribution in [0.15, 0.2) is 58.4 Å². The summed E-state index contributed by atoms with van der Waals surface area (Å²) < 4.78 is 5.60. The molecule has 1 atom stereocenters. The number of thioether (sulfide) groups is 1. The van der Waals surface area contributed by atoms with Crippen molar-refractivity contribution in [1.82, 2.24) is 20.5 Å². The Labute approximate surface area is 150 Å². The van der Waals surface area contributed by atoms with Crippen molar-refractivity contribution >= 4 is 17.7 Å². The molecule has 0 aliphatic heterocycles. The monoisotopic (exact) mass is 354 g/mol. The lowest BCUT2D eigenvalue weighted by Crippen LogP contribution is -2.30. The molecule has 0 saturated heterocycles. The Morgan fingerprint density at radius 1 is 1.16 bits per heavy atom. The average Bonchev–Trinajstić information content (AvgIpc) is 3.10. The van der Waals surface area contributed by atoms with Gasteiger partial charge in [-0.05, 0) is 31.5 Å². The van der Waals surface area contributed by atoms with Crippen molar-refractivity contribution in [2.45, 2.75) is 30.9 Å². The molecule has 2 heterocycles. The van der Waals surface area contributed by atoms with E-state index in [0.717, 1.165) is 11.1 Å². The molecule has 1 amide bonds.